The van der Waals surface area contributed by atoms with Gasteiger partial charge in [-0.15, -0.1) is 0 Å². The third kappa shape index (κ3) is 5.24. The van der Waals surface area contributed by atoms with E-state index in [0.29, 0.717) is 43.9 Å². The van der Waals surface area contributed by atoms with Crippen molar-refractivity contribution in [2.24, 2.45) is 0 Å². The second kappa shape index (κ2) is 10.0. The van der Waals surface area contributed by atoms with Crippen LogP contribution in [-0.4, -0.2) is 78.8 Å². The predicted octanol–water partition coefficient (Wildman–Crippen LogP) is 2.78. The van der Waals surface area contributed by atoms with Crippen LogP contribution in [0.1, 0.15) is 27.6 Å². The van der Waals surface area contributed by atoms with Crippen LogP contribution in [0.4, 0.5) is 4.79 Å². The summed E-state index contributed by atoms with van der Waals surface area (Å²) in [6.45, 7) is 4.94. The number of benzene rings is 2. The largest absolute Gasteiger partial charge is 0.414 e. The molecule has 0 bridgehead atoms. The molecular formula is C23H27N3O4. The Kier molecular flexibility index (Phi) is 7.19. The Labute approximate surface area is 176 Å². The zero-order chi connectivity index (χ0) is 21.5. The maximum absolute atomic E-state index is 12.9. The van der Waals surface area contributed by atoms with E-state index in [1.54, 1.807) is 31.3 Å². The van der Waals surface area contributed by atoms with Crippen molar-refractivity contribution in [3.8, 4) is 5.75 Å². The van der Waals surface area contributed by atoms with Gasteiger partial charge in [-0.1, -0.05) is 30.3 Å². The van der Waals surface area contributed by atoms with Crippen molar-refractivity contribution in [2.45, 2.75) is 6.92 Å². The minimum atomic E-state index is -0.495. The summed E-state index contributed by atoms with van der Waals surface area (Å²) in [7, 11) is 1.64. The number of hydrogen-bond acceptors (Lipinski definition) is 5. The topological polar surface area (TPSA) is 70.2 Å². The summed E-state index contributed by atoms with van der Waals surface area (Å²) in [6, 6.07) is 16.0. The van der Waals surface area contributed by atoms with Crippen molar-refractivity contribution in [3.63, 3.8) is 0 Å². The fourth-order valence-electron chi connectivity index (χ4n) is 3.25. The highest BCUT2D eigenvalue weighted by Gasteiger charge is 2.25. The number of carbonyl (C=O) groups excluding carboxylic acids is 3. The van der Waals surface area contributed by atoms with Gasteiger partial charge in [-0.05, 0) is 31.2 Å². The maximum atomic E-state index is 12.9. The van der Waals surface area contributed by atoms with Gasteiger partial charge in [0.05, 0.1) is 12.1 Å². The molecule has 1 aliphatic heterocycles. The average molecular weight is 409 g/mol. The lowest BCUT2D eigenvalue weighted by atomic mass is 10.1. The Morgan fingerprint density at radius 2 is 1.57 bits per heavy atom. The van der Waals surface area contributed by atoms with Crippen LogP contribution in [0.3, 0.4) is 0 Å². The van der Waals surface area contributed by atoms with Crippen molar-refractivity contribution in [1.82, 2.24) is 14.7 Å². The number of para-hydroxylation sites is 1. The van der Waals surface area contributed by atoms with Crippen molar-refractivity contribution in [2.75, 3.05) is 46.3 Å². The molecule has 0 N–H and O–H groups in total. The van der Waals surface area contributed by atoms with E-state index >= 15 is 0 Å². The normalized spacial score (nSPS) is 14.3. The third-order valence-corrected chi connectivity index (χ3v) is 5.22. The molecule has 158 valence electrons. The first kappa shape index (κ1) is 21.5. The lowest BCUT2D eigenvalue weighted by Gasteiger charge is -2.34. The highest BCUT2D eigenvalue weighted by Crippen LogP contribution is 2.20. The molecule has 1 fully saturated rings. The number of rotatable bonds is 6. The van der Waals surface area contributed by atoms with E-state index in [9.17, 15) is 14.4 Å². The molecule has 2 aromatic rings. The Balaban J connectivity index is 1.58. The molecule has 0 atom stereocenters. The summed E-state index contributed by atoms with van der Waals surface area (Å²) in [5, 5.41) is 0. The molecule has 7 nitrogen and oxygen atoms in total. The van der Waals surface area contributed by atoms with Crippen molar-refractivity contribution in [1.29, 1.82) is 0 Å². The van der Waals surface area contributed by atoms with Crippen LogP contribution >= 0.6 is 0 Å². The fourth-order valence-corrected chi connectivity index (χ4v) is 3.25. The molecule has 2 amide bonds. The number of Topliss-reactive ketones (excluding diaryl/α,β-unsaturated/α-hetero) is 1. The van der Waals surface area contributed by atoms with Gasteiger partial charge in [0.1, 0.15) is 5.75 Å². The first-order chi connectivity index (χ1) is 14.5. The van der Waals surface area contributed by atoms with Gasteiger partial charge >= 0.3 is 6.09 Å². The van der Waals surface area contributed by atoms with Crippen LogP contribution in [0.25, 0.3) is 0 Å². The van der Waals surface area contributed by atoms with Gasteiger partial charge in [0.15, 0.2) is 5.78 Å². The molecule has 7 heteroatoms. The van der Waals surface area contributed by atoms with Crippen molar-refractivity contribution in [3.05, 3.63) is 65.7 Å². The molecule has 2 aromatic carbocycles. The monoisotopic (exact) mass is 409 g/mol. The Bertz CT molecular complexity index is 892. The summed E-state index contributed by atoms with van der Waals surface area (Å²) in [4.78, 5) is 42.8. The first-order valence-corrected chi connectivity index (χ1v) is 10.1. The molecule has 0 radical (unpaired) electrons. The number of ether oxygens (including phenoxy) is 1. The highest BCUT2D eigenvalue weighted by atomic mass is 16.6. The minimum Gasteiger partial charge on any atom is -0.409 e. The van der Waals surface area contributed by atoms with Crippen molar-refractivity contribution >= 4 is 17.8 Å². The highest BCUT2D eigenvalue weighted by molar-refractivity contribution is 6.00. The van der Waals surface area contributed by atoms with Gasteiger partial charge in [0.25, 0.3) is 5.91 Å². The molecule has 0 unspecified atom stereocenters. The van der Waals surface area contributed by atoms with Crippen LogP contribution in [0.15, 0.2) is 54.6 Å². The van der Waals surface area contributed by atoms with Crippen LogP contribution in [0, 0.1) is 0 Å². The molecule has 3 rings (SSSR count). The SMILES string of the molecule is CCN(C)C(=O)Oc1ccccc1C(=O)CN1CCN(C(=O)c2ccccc2)CC1. The molecule has 1 saturated heterocycles. The second-order valence-corrected chi connectivity index (χ2v) is 7.24. The molecule has 0 aliphatic carbocycles. The summed E-state index contributed by atoms with van der Waals surface area (Å²) >= 11 is 0. The molecule has 1 aliphatic rings. The maximum Gasteiger partial charge on any atom is 0.414 e. The fraction of sp³-hybridized carbons (Fsp3) is 0.348. The van der Waals surface area contributed by atoms with Crippen LogP contribution in [-0.2, 0) is 0 Å². The zero-order valence-corrected chi connectivity index (χ0v) is 17.4. The third-order valence-electron chi connectivity index (χ3n) is 5.22. The number of nitrogens with zero attached hydrogens (tertiary/aromatic N) is 3. The second-order valence-electron chi connectivity index (χ2n) is 7.24. The van der Waals surface area contributed by atoms with E-state index in [1.165, 1.54) is 4.90 Å². The van der Waals surface area contributed by atoms with E-state index < -0.39 is 6.09 Å². The number of piperazine rings is 1. The standard InChI is InChI=1S/C23H27N3O4/c1-3-24(2)23(29)30-21-12-8-7-11-19(21)20(27)17-25-13-15-26(16-14-25)22(28)18-9-5-4-6-10-18/h4-12H,3,13-17H2,1-2H3. The summed E-state index contributed by atoms with van der Waals surface area (Å²) in [5.74, 6) is 0.171. The lowest BCUT2D eigenvalue weighted by Crippen LogP contribution is -2.49. The summed E-state index contributed by atoms with van der Waals surface area (Å²) < 4.78 is 5.40. The predicted molar refractivity (Wildman–Crippen MR) is 114 cm³/mol. The number of hydrogen-bond donors (Lipinski definition) is 0. The van der Waals surface area contributed by atoms with Gasteiger partial charge in [-0.3, -0.25) is 14.5 Å². The molecule has 0 aromatic heterocycles. The Morgan fingerprint density at radius 3 is 2.23 bits per heavy atom. The lowest BCUT2D eigenvalue weighted by molar-refractivity contribution is 0.0624. The van der Waals surface area contributed by atoms with E-state index in [0.717, 1.165) is 0 Å². The van der Waals surface area contributed by atoms with E-state index in [1.807, 2.05) is 47.1 Å². The quantitative estimate of drug-likeness (QED) is 0.686. The Morgan fingerprint density at radius 1 is 0.933 bits per heavy atom. The summed E-state index contributed by atoms with van der Waals surface area (Å²) in [5.41, 5.74) is 1.06. The molecule has 30 heavy (non-hydrogen) atoms. The van der Waals surface area contributed by atoms with Crippen LogP contribution in [0.2, 0.25) is 0 Å². The Hall–Kier alpha value is -3.19. The van der Waals surface area contributed by atoms with Gasteiger partial charge in [0.2, 0.25) is 0 Å². The molecular weight excluding hydrogens is 382 g/mol. The zero-order valence-electron chi connectivity index (χ0n) is 17.4. The van der Waals surface area contributed by atoms with Gasteiger partial charge < -0.3 is 14.5 Å². The van der Waals surface area contributed by atoms with Gasteiger partial charge in [0, 0.05) is 45.3 Å². The van der Waals surface area contributed by atoms with Gasteiger partial charge in [-0.25, -0.2) is 4.79 Å². The van der Waals surface area contributed by atoms with Crippen LogP contribution < -0.4 is 4.74 Å². The number of ketones is 1. The number of carbonyl (C=O) groups is 3. The minimum absolute atomic E-state index is 0.0129. The van der Waals surface area contributed by atoms with Gasteiger partial charge in [-0.2, -0.15) is 0 Å². The van der Waals surface area contributed by atoms with E-state index in [-0.39, 0.29) is 24.0 Å². The summed E-state index contributed by atoms with van der Waals surface area (Å²) in [6.07, 6.45) is -0.495. The first-order valence-electron chi connectivity index (χ1n) is 10.1. The average Bonchev–Trinajstić information content (AvgIpc) is 2.79. The van der Waals surface area contributed by atoms with Crippen molar-refractivity contribution < 1.29 is 19.1 Å². The molecule has 1 heterocycles. The van der Waals surface area contributed by atoms with E-state index in [2.05, 4.69) is 0 Å². The molecule has 0 spiro atoms. The van der Waals surface area contributed by atoms with Crippen LogP contribution in [0.5, 0.6) is 5.75 Å². The van der Waals surface area contributed by atoms with E-state index in [4.69, 9.17) is 4.74 Å². The number of amides is 2. The molecule has 0 saturated carbocycles. The smallest absolute Gasteiger partial charge is 0.409 e.